The lowest BCUT2D eigenvalue weighted by Crippen LogP contribution is -2.27. The molecule has 7 nitrogen and oxygen atoms in total. The molecule has 1 aromatic heterocycles. The fourth-order valence-electron chi connectivity index (χ4n) is 1.68. The number of nitrogens with zero attached hydrogens (tertiary/aromatic N) is 3. The Hall–Kier alpha value is -1.55. The number of hydrazine groups is 1. The van der Waals surface area contributed by atoms with Gasteiger partial charge in [0.15, 0.2) is 0 Å². The van der Waals surface area contributed by atoms with Crippen molar-refractivity contribution in [1.29, 1.82) is 0 Å². The Morgan fingerprint density at radius 1 is 1.33 bits per heavy atom. The lowest BCUT2D eigenvalue weighted by atomic mass is 10.2. The van der Waals surface area contributed by atoms with Crippen LogP contribution in [0.2, 0.25) is 0 Å². The van der Waals surface area contributed by atoms with Crippen LogP contribution in [0, 0.1) is 0 Å². The zero-order chi connectivity index (χ0) is 15.5. The molecule has 21 heavy (non-hydrogen) atoms. The normalized spacial score (nSPS) is 11.6. The number of nitrogens with two attached hydrogens (primary N) is 1. The topological polar surface area (TPSA) is 101 Å². The van der Waals surface area contributed by atoms with Gasteiger partial charge in [-0.3, -0.25) is 5.43 Å². The van der Waals surface area contributed by atoms with Crippen molar-refractivity contribution in [3.8, 4) is 0 Å². The first kappa shape index (κ1) is 15.8. The van der Waals surface area contributed by atoms with E-state index in [-0.39, 0.29) is 17.4 Å². The number of rotatable bonds is 5. The number of anilines is 1. The average molecular weight is 372 g/mol. The molecule has 2 aromatic rings. The van der Waals surface area contributed by atoms with E-state index in [1.54, 1.807) is 0 Å². The zero-order valence-corrected chi connectivity index (χ0v) is 13.6. The van der Waals surface area contributed by atoms with Crippen molar-refractivity contribution >= 4 is 31.9 Å². The van der Waals surface area contributed by atoms with E-state index in [0.29, 0.717) is 0 Å². The van der Waals surface area contributed by atoms with Crippen LogP contribution in [0.4, 0.5) is 5.95 Å². The molecule has 0 radical (unpaired) electrons. The Morgan fingerprint density at radius 3 is 2.57 bits per heavy atom. The highest BCUT2D eigenvalue weighted by Gasteiger charge is 2.21. The predicted molar refractivity (Wildman–Crippen MR) is 82.6 cm³/mol. The fraction of sp³-hybridized carbons (Fsp3) is 0.167. The smallest absolute Gasteiger partial charge is 0.246 e. The van der Waals surface area contributed by atoms with E-state index in [1.165, 1.54) is 23.7 Å². The van der Waals surface area contributed by atoms with Crippen molar-refractivity contribution in [1.82, 2.24) is 14.3 Å². The van der Waals surface area contributed by atoms with Crippen molar-refractivity contribution < 1.29 is 8.42 Å². The molecule has 3 N–H and O–H groups in total. The summed E-state index contributed by atoms with van der Waals surface area (Å²) >= 11 is 3.36. The van der Waals surface area contributed by atoms with Crippen LogP contribution in [-0.2, 0) is 16.6 Å². The van der Waals surface area contributed by atoms with Gasteiger partial charge in [-0.25, -0.2) is 24.2 Å². The number of hydrogen-bond donors (Lipinski definition) is 2. The molecule has 112 valence electrons. The van der Waals surface area contributed by atoms with Crippen LogP contribution in [0.3, 0.4) is 0 Å². The summed E-state index contributed by atoms with van der Waals surface area (Å²) in [4.78, 5) is 7.63. The van der Waals surface area contributed by atoms with Crippen LogP contribution in [-0.4, -0.2) is 29.7 Å². The molecule has 0 aliphatic carbocycles. The molecule has 1 aromatic carbocycles. The number of nitrogen functional groups attached to an aromatic ring is 1. The van der Waals surface area contributed by atoms with Crippen LogP contribution in [0.5, 0.6) is 0 Å². The summed E-state index contributed by atoms with van der Waals surface area (Å²) in [5, 5.41) is 0. The summed E-state index contributed by atoms with van der Waals surface area (Å²) in [5.41, 5.74) is 3.12. The number of aromatic nitrogens is 2. The lowest BCUT2D eigenvalue weighted by Gasteiger charge is -2.17. The molecule has 9 heteroatoms. The van der Waals surface area contributed by atoms with Gasteiger partial charge in [0.1, 0.15) is 4.90 Å². The molecule has 2 rings (SSSR count). The molecular weight excluding hydrogens is 358 g/mol. The SMILES string of the molecule is CN(Cc1cccc(Br)c1)S(=O)(=O)c1cnc(NN)nc1. The van der Waals surface area contributed by atoms with Gasteiger partial charge in [0.05, 0.1) is 12.4 Å². The third-order valence-corrected chi connectivity index (χ3v) is 5.01. The molecule has 0 aliphatic rings. The second-order valence-corrected chi connectivity index (χ2v) is 7.24. The lowest BCUT2D eigenvalue weighted by molar-refractivity contribution is 0.466. The van der Waals surface area contributed by atoms with Gasteiger partial charge in [-0.1, -0.05) is 28.1 Å². The Kier molecular flexibility index (Phi) is 4.88. The second kappa shape index (κ2) is 6.48. The highest BCUT2D eigenvalue weighted by atomic mass is 79.9. The van der Waals surface area contributed by atoms with Crippen molar-refractivity contribution in [3.63, 3.8) is 0 Å². The van der Waals surface area contributed by atoms with Crippen LogP contribution in [0.25, 0.3) is 0 Å². The maximum absolute atomic E-state index is 12.4. The number of sulfonamides is 1. The van der Waals surface area contributed by atoms with Crippen molar-refractivity contribution in [2.75, 3.05) is 12.5 Å². The minimum Gasteiger partial charge on any atom is -0.292 e. The van der Waals surface area contributed by atoms with E-state index in [4.69, 9.17) is 5.84 Å². The molecular formula is C12H14BrN5O2S. The predicted octanol–water partition coefficient (Wildman–Crippen LogP) is 1.35. The van der Waals surface area contributed by atoms with Crippen molar-refractivity contribution in [2.45, 2.75) is 11.4 Å². The molecule has 0 amide bonds. The molecule has 0 atom stereocenters. The monoisotopic (exact) mass is 371 g/mol. The maximum atomic E-state index is 12.4. The molecule has 1 heterocycles. The summed E-state index contributed by atoms with van der Waals surface area (Å²) < 4.78 is 26.9. The zero-order valence-electron chi connectivity index (χ0n) is 11.2. The van der Waals surface area contributed by atoms with E-state index in [0.717, 1.165) is 10.0 Å². The maximum Gasteiger partial charge on any atom is 0.246 e. The van der Waals surface area contributed by atoms with Crippen molar-refractivity contribution in [2.24, 2.45) is 5.84 Å². The quantitative estimate of drug-likeness (QED) is 0.607. The number of benzene rings is 1. The Balaban J connectivity index is 2.21. The van der Waals surface area contributed by atoms with Gasteiger partial charge < -0.3 is 0 Å². The van der Waals surface area contributed by atoms with Gasteiger partial charge in [0.2, 0.25) is 16.0 Å². The van der Waals surface area contributed by atoms with E-state index in [2.05, 4.69) is 31.3 Å². The first-order chi connectivity index (χ1) is 9.93. The first-order valence-corrected chi connectivity index (χ1v) is 8.16. The minimum atomic E-state index is -3.65. The van der Waals surface area contributed by atoms with Crippen molar-refractivity contribution in [3.05, 3.63) is 46.7 Å². The highest BCUT2D eigenvalue weighted by Crippen LogP contribution is 2.18. The van der Waals surface area contributed by atoms with Gasteiger partial charge in [-0.2, -0.15) is 4.31 Å². The molecule has 0 saturated heterocycles. The van der Waals surface area contributed by atoms with Crippen LogP contribution in [0.15, 0.2) is 46.0 Å². The van der Waals surface area contributed by atoms with E-state index >= 15 is 0 Å². The summed E-state index contributed by atoms with van der Waals surface area (Å²) in [6.45, 7) is 0.249. The van der Waals surface area contributed by atoms with Gasteiger partial charge in [-0.15, -0.1) is 0 Å². The van der Waals surface area contributed by atoms with Crippen LogP contribution >= 0.6 is 15.9 Å². The second-order valence-electron chi connectivity index (χ2n) is 4.28. The number of nitrogens with one attached hydrogen (secondary N) is 1. The molecule has 0 spiro atoms. The highest BCUT2D eigenvalue weighted by molar-refractivity contribution is 9.10. The summed E-state index contributed by atoms with van der Waals surface area (Å²) in [5.74, 6) is 5.30. The first-order valence-electron chi connectivity index (χ1n) is 5.93. The van der Waals surface area contributed by atoms with Gasteiger partial charge in [0.25, 0.3) is 0 Å². The summed E-state index contributed by atoms with van der Waals surface area (Å²) in [6.07, 6.45) is 2.43. The number of hydrogen-bond acceptors (Lipinski definition) is 6. The van der Waals surface area contributed by atoms with Gasteiger partial charge in [-0.05, 0) is 17.7 Å². The average Bonchev–Trinajstić information content (AvgIpc) is 2.47. The van der Waals surface area contributed by atoms with Gasteiger partial charge in [0, 0.05) is 18.1 Å². The molecule has 0 saturated carbocycles. The molecule has 0 unspecified atom stereocenters. The third kappa shape index (κ3) is 3.76. The Labute approximate surface area is 131 Å². The molecule has 0 aliphatic heterocycles. The van der Waals surface area contributed by atoms with Gasteiger partial charge >= 0.3 is 0 Å². The van der Waals surface area contributed by atoms with Crippen LogP contribution < -0.4 is 11.3 Å². The largest absolute Gasteiger partial charge is 0.292 e. The Bertz CT molecular complexity index is 721. The standard InChI is InChI=1S/C12H14BrN5O2S/c1-18(8-9-3-2-4-10(13)5-9)21(19,20)11-6-15-12(17-14)16-7-11/h2-7H,8,14H2,1H3,(H,15,16,17). The molecule has 0 fully saturated rings. The van der Waals surface area contributed by atoms with E-state index in [1.807, 2.05) is 24.3 Å². The number of halogens is 1. The molecule has 0 bridgehead atoms. The van der Waals surface area contributed by atoms with E-state index < -0.39 is 10.0 Å². The summed E-state index contributed by atoms with van der Waals surface area (Å²) in [7, 11) is -2.15. The summed E-state index contributed by atoms with van der Waals surface area (Å²) in [6, 6.07) is 7.45. The Morgan fingerprint density at radius 2 is 2.00 bits per heavy atom. The van der Waals surface area contributed by atoms with Crippen LogP contribution in [0.1, 0.15) is 5.56 Å². The van der Waals surface area contributed by atoms with E-state index in [9.17, 15) is 8.42 Å². The fourth-order valence-corrected chi connectivity index (χ4v) is 3.18. The minimum absolute atomic E-state index is 0.0130. The third-order valence-electron chi connectivity index (χ3n) is 2.76.